The normalized spacial score (nSPS) is 16.5. The number of rotatable bonds is 4. The summed E-state index contributed by atoms with van der Waals surface area (Å²) in [6.45, 7) is 3.60. The lowest BCUT2D eigenvalue weighted by Gasteiger charge is -2.31. The Morgan fingerprint density at radius 1 is 1.17 bits per heavy atom. The molecule has 0 bridgehead atoms. The number of sulfonamides is 1. The first-order valence-electron chi connectivity index (χ1n) is 9.47. The van der Waals surface area contributed by atoms with Crippen molar-refractivity contribution in [3.63, 3.8) is 0 Å². The second-order valence-corrected chi connectivity index (χ2v) is 10.1. The quantitative estimate of drug-likeness (QED) is 0.798. The summed E-state index contributed by atoms with van der Waals surface area (Å²) in [5, 5.41) is 2.81. The van der Waals surface area contributed by atoms with Crippen molar-refractivity contribution in [3.05, 3.63) is 42.0 Å². The van der Waals surface area contributed by atoms with E-state index in [1.54, 1.807) is 38.2 Å². The van der Waals surface area contributed by atoms with Crippen molar-refractivity contribution in [3.8, 4) is 11.5 Å². The number of ether oxygens (including phenoxy) is 1. The van der Waals surface area contributed by atoms with Crippen LogP contribution in [0.4, 0.5) is 11.4 Å². The van der Waals surface area contributed by atoms with E-state index in [1.165, 1.54) is 10.4 Å². The van der Waals surface area contributed by atoms with Gasteiger partial charge < -0.3 is 15.0 Å². The van der Waals surface area contributed by atoms with Crippen molar-refractivity contribution < 1.29 is 17.9 Å². The molecule has 2 aliphatic rings. The van der Waals surface area contributed by atoms with Gasteiger partial charge in [0.05, 0.1) is 16.9 Å². The first-order chi connectivity index (χ1) is 13.9. The maximum atomic E-state index is 13.2. The predicted molar refractivity (Wildman–Crippen MR) is 116 cm³/mol. The van der Waals surface area contributed by atoms with Crippen molar-refractivity contribution in [1.82, 2.24) is 4.31 Å². The number of carbonyl (C=O) groups excluding carboxylic acids is 1. The fourth-order valence-electron chi connectivity index (χ4n) is 3.37. The van der Waals surface area contributed by atoms with Crippen LogP contribution < -0.4 is 15.0 Å². The highest BCUT2D eigenvalue weighted by molar-refractivity contribution is 7.99. The summed E-state index contributed by atoms with van der Waals surface area (Å²) < 4.78 is 33.8. The Labute approximate surface area is 175 Å². The van der Waals surface area contributed by atoms with Gasteiger partial charge in [-0.1, -0.05) is 19.1 Å². The minimum Gasteiger partial charge on any atom is -0.454 e. The molecule has 154 valence electrons. The molecule has 0 spiro atoms. The fraction of sp³-hybridized carbons (Fsp3) is 0.350. The number of para-hydroxylation sites is 2. The summed E-state index contributed by atoms with van der Waals surface area (Å²) in [5.41, 5.74) is 1.34. The zero-order chi connectivity index (χ0) is 20.6. The first-order valence-corrected chi connectivity index (χ1v) is 12.1. The molecule has 2 aromatic carbocycles. The average molecular weight is 434 g/mol. The fourth-order valence-corrected chi connectivity index (χ4v) is 5.67. The van der Waals surface area contributed by atoms with E-state index in [-0.39, 0.29) is 16.4 Å². The van der Waals surface area contributed by atoms with Gasteiger partial charge in [0.1, 0.15) is 10.6 Å². The summed E-state index contributed by atoms with van der Waals surface area (Å²) >= 11 is 1.84. The van der Waals surface area contributed by atoms with E-state index in [2.05, 4.69) is 10.2 Å². The SMILES string of the molecule is CCN(C)S(=O)(=O)c1cc2c(cc1N1CCSCC1)Oc1ccccc1NC2=O. The molecule has 0 atom stereocenters. The van der Waals surface area contributed by atoms with Gasteiger partial charge in [-0.05, 0) is 18.2 Å². The summed E-state index contributed by atoms with van der Waals surface area (Å²) in [5.74, 6) is 2.34. The lowest BCUT2D eigenvalue weighted by Crippen LogP contribution is -2.35. The van der Waals surface area contributed by atoms with E-state index >= 15 is 0 Å². The minimum absolute atomic E-state index is 0.136. The van der Waals surface area contributed by atoms with Crippen LogP contribution >= 0.6 is 11.8 Å². The van der Waals surface area contributed by atoms with Gasteiger partial charge in [0.2, 0.25) is 10.0 Å². The van der Waals surface area contributed by atoms with Crippen LogP contribution in [-0.4, -0.2) is 56.8 Å². The highest BCUT2D eigenvalue weighted by atomic mass is 32.2. The molecule has 0 saturated carbocycles. The van der Waals surface area contributed by atoms with Crippen molar-refractivity contribution >= 4 is 39.1 Å². The van der Waals surface area contributed by atoms with Crippen LogP contribution in [0.15, 0.2) is 41.3 Å². The van der Waals surface area contributed by atoms with Crippen molar-refractivity contribution in [2.45, 2.75) is 11.8 Å². The monoisotopic (exact) mass is 433 g/mol. The lowest BCUT2D eigenvalue weighted by molar-refractivity contribution is 0.102. The van der Waals surface area contributed by atoms with Gasteiger partial charge >= 0.3 is 0 Å². The van der Waals surface area contributed by atoms with Crippen LogP contribution in [-0.2, 0) is 10.0 Å². The Bertz CT molecular complexity index is 1050. The summed E-state index contributed by atoms with van der Waals surface area (Å²) in [6.07, 6.45) is 0. The number of benzene rings is 2. The van der Waals surface area contributed by atoms with E-state index in [0.29, 0.717) is 29.4 Å². The molecule has 1 amide bonds. The Morgan fingerprint density at radius 3 is 2.62 bits per heavy atom. The van der Waals surface area contributed by atoms with Gasteiger partial charge in [-0.15, -0.1) is 0 Å². The number of thioether (sulfide) groups is 1. The molecule has 1 N–H and O–H groups in total. The Balaban J connectivity index is 1.90. The Morgan fingerprint density at radius 2 is 1.90 bits per heavy atom. The van der Waals surface area contributed by atoms with E-state index in [9.17, 15) is 13.2 Å². The number of anilines is 2. The van der Waals surface area contributed by atoms with Gasteiger partial charge in [-0.2, -0.15) is 11.8 Å². The molecule has 2 aliphatic heterocycles. The number of fused-ring (bicyclic) bond motifs is 2. The molecule has 29 heavy (non-hydrogen) atoms. The van der Waals surface area contributed by atoms with Gasteiger partial charge in [0.15, 0.2) is 5.75 Å². The number of nitrogens with zero attached hydrogens (tertiary/aromatic N) is 2. The van der Waals surface area contributed by atoms with E-state index in [0.717, 1.165) is 24.6 Å². The Kier molecular flexibility index (Phi) is 5.46. The first kappa shape index (κ1) is 20.1. The minimum atomic E-state index is -3.76. The Hall–Kier alpha value is -2.23. The molecule has 1 saturated heterocycles. The molecule has 0 aromatic heterocycles. The predicted octanol–water partition coefficient (Wildman–Crippen LogP) is 3.24. The number of amides is 1. The lowest BCUT2D eigenvalue weighted by atomic mass is 10.1. The summed E-state index contributed by atoms with van der Waals surface area (Å²) in [4.78, 5) is 15.1. The van der Waals surface area contributed by atoms with Crippen molar-refractivity contribution in [2.75, 3.05) is 48.4 Å². The maximum absolute atomic E-state index is 13.2. The molecule has 4 rings (SSSR count). The van der Waals surface area contributed by atoms with Gasteiger partial charge in [0.25, 0.3) is 5.91 Å². The van der Waals surface area contributed by atoms with Gasteiger partial charge in [-0.3, -0.25) is 4.79 Å². The largest absolute Gasteiger partial charge is 0.454 e. The van der Waals surface area contributed by atoms with Gasteiger partial charge in [-0.25, -0.2) is 12.7 Å². The molecular weight excluding hydrogens is 410 g/mol. The van der Waals surface area contributed by atoms with E-state index in [1.807, 2.05) is 17.8 Å². The van der Waals surface area contributed by atoms with Crippen LogP contribution in [0.2, 0.25) is 0 Å². The van der Waals surface area contributed by atoms with Crippen molar-refractivity contribution in [2.24, 2.45) is 0 Å². The number of carbonyl (C=O) groups is 1. The topological polar surface area (TPSA) is 79.0 Å². The van der Waals surface area contributed by atoms with Crippen LogP contribution in [0.1, 0.15) is 17.3 Å². The zero-order valence-electron chi connectivity index (χ0n) is 16.3. The number of hydrogen-bond donors (Lipinski definition) is 1. The molecule has 0 aliphatic carbocycles. The van der Waals surface area contributed by atoms with Crippen LogP contribution in [0, 0.1) is 0 Å². The van der Waals surface area contributed by atoms with Gasteiger partial charge in [0, 0.05) is 44.3 Å². The van der Waals surface area contributed by atoms with E-state index in [4.69, 9.17) is 4.74 Å². The number of hydrogen-bond acceptors (Lipinski definition) is 6. The highest BCUT2D eigenvalue weighted by Crippen LogP contribution is 2.41. The third-order valence-corrected chi connectivity index (χ3v) is 8.05. The molecule has 2 heterocycles. The molecule has 1 fully saturated rings. The van der Waals surface area contributed by atoms with Crippen LogP contribution in [0.5, 0.6) is 11.5 Å². The number of nitrogens with one attached hydrogen (secondary N) is 1. The average Bonchev–Trinajstić information content (AvgIpc) is 2.88. The summed E-state index contributed by atoms with van der Waals surface area (Å²) in [7, 11) is -2.21. The van der Waals surface area contributed by atoms with E-state index < -0.39 is 10.0 Å². The van der Waals surface area contributed by atoms with Crippen LogP contribution in [0.3, 0.4) is 0 Å². The van der Waals surface area contributed by atoms with Crippen molar-refractivity contribution in [1.29, 1.82) is 0 Å². The third kappa shape index (κ3) is 3.70. The molecule has 9 heteroatoms. The second kappa shape index (κ2) is 7.89. The zero-order valence-corrected chi connectivity index (χ0v) is 18.0. The molecular formula is C20H23N3O4S2. The molecule has 2 aromatic rings. The molecule has 0 radical (unpaired) electrons. The smallest absolute Gasteiger partial charge is 0.259 e. The third-order valence-electron chi connectivity index (χ3n) is 5.15. The molecule has 0 unspecified atom stereocenters. The standard InChI is InChI=1S/C20H23N3O4S2/c1-3-22(2)29(25,26)19-12-14-18(13-16(19)23-8-10-28-11-9-23)27-17-7-5-4-6-15(17)21-20(14)24/h4-7,12-13H,3,8-11H2,1-2H3,(H,21,24). The highest BCUT2D eigenvalue weighted by Gasteiger charge is 2.31. The maximum Gasteiger partial charge on any atom is 0.259 e. The summed E-state index contributed by atoms with van der Waals surface area (Å²) in [6, 6.07) is 10.3. The van der Waals surface area contributed by atoms with Crippen LogP contribution in [0.25, 0.3) is 0 Å². The second-order valence-electron chi connectivity index (χ2n) is 6.89. The molecule has 7 nitrogen and oxygen atoms in total.